The molecule has 6 heteroatoms. The van der Waals surface area contributed by atoms with E-state index in [0.717, 1.165) is 16.7 Å². The van der Waals surface area contributed by atoms with Crippen LogP contribution in [0.3, 0.4) is 0 Å². The number of hydrogen-bond acceptors (Lipinski definition) is 6. The molecule has 5 nitrogen and oxygen atoms in total. The third kappa shape index (κ3) is 3.22. The fourth-order valence-electron chi connectivity index (χ4n) is 2.32. The Morgan fingerprint density at radius 1 is 1.43 bits per heavy atom. The number of hydrogen-bond donors (Lipinski definition) is 1. The lowest BCUT2D eigenvalue weighted by Gasteiger charge is -2.09. The van der Waals surface area contributed by atoms with Gasteiger partial charge in [0.1, 0.15) is 16.2 Å². The predicted molar refractivity (Wildman–Crippen MR) is 91.1 cm³/mol. The lowest BCUT2D eigenvalue weighted by molar-refractivity contribution is 0.0531. The van der Waals surface area contributed by atoms with Crippen molar-refractivity contribution in [3.05, 3.63) is 46.7 Å². The predicted octanol–water partition coefficient (Wildman–Crippen LogP) is 4.55. The van der Waals surface area contributed by atoms with Gasteiger partial charge in [-0.15, -0.1) is 0 Å². The Labute approximate surface area is 138 Å². The van der Waals surface area contributed by atoms with Crippen molar-refractivity contribution in [2.45, 2.75) is 26.8 Å². The summed E-state index contributed by atoms with van der Waals surface area (Å²) in [5, 5.41) is 5.03. The van der Waals surface area contributed by atoms with Gasteiger partial charge in [0.2, 0.25) is 0 Å². The average Bonchev–Trinajstić information content (AvgIpc) is 3.11. The molecule has 3 aromatic rings. The van der Waals surface area contributed by atoms with E-state index in [2.05, 4.69) is 10.3 Å². The van der Waals surface area contributed by atoms with E-state index >= 15 is 0 Å². The van der Waals surface area contributed by atoms with Crippen molar-refractivity contribution in [1.82, 2.24) is 4.98 Å². The molecule has 0 aliphatic rings. The molecule has 2 heterocycles. The molecular formula is C17H18N2O3S. The van der Waals surface area contributed by atoms with Crippen LogP contribution in [0.25, 0.3) is 11.0 Å². The highest BCUT2D eigenvalue weighted by molar-refractivity contribution is 7.17. The van der Waals surface area contributed by atoms with E-state index in [9.17, 15) is 4.79 Å². The van der Waals surface area contributed by atoms with Gasteiger partial charge in [-0.2, -0.15) is 0 Å². The average molecular weight is 330 g/mol. The number of fused-ring (bicyclic) bond motifs is 1. The number of carbonyl (C=O) groups excluding carboxylic acids is 1. The second kappa shape index (κ2) is 6.42. The van der Waals surface area contributed by atoms with Gasteiger partial charge in [0, 0.05) is 5.39 Å². The first-order chi connectivity index (χ1) is 11.1. The molecule has 0 aliphatic carbocycles. The van der Waals surface area contributed by atoms with Crippen molar-refractivity contribution < 1.29 is 13.9 Å². The maximum Gasteiger partial charge on any atom is 0.350 e. The van der Waals surface area contributed by atoms with E-state index < -0.39 is 0 Å². The van der Waals surface area contributed by atoms with E-state index in [0.29, 0.717) is 22.3 Å². The van der Waals surface area contributed by atoms with E-state index in [-0.39, 0.29) is 12.0 Å². The minimum atomic E-state index is -0.327. The topological polar surface area (TPSA) is 64.4 Å². The van der Waals surface area contributed by atoms with Gasteiger partial charge in [-0.3, -0.25) is 0 Å². The third-order valence-corrected chi connectivity index (χ3v) is 4.54. The van der Waals surface area contributed by atoms with Gasteiger partial charge in [-0.05, 0) is 32.9 Å². The van der Waals surface area contributed by atoms with Crippen molar-refractivity contribution in [2.75, 3.05) is 11.9 Å². The lowest BCUT2D eigenvalue weighted by Crippen LogP contribution is -2.04. The van der Waals surface area contributed by atoms with Crippen LogP contribution in [0.1, 0.15) is 41.0 Å². The van der Waals surface area contributed by atoms with Crippen molar-refractivity contribution in [3.63, 3.8) is 0 Å². The number of ether oxygens (including phenoxy) is 1. The monoisotopic (exact) mass is 330 g/mol. The molecule has 2 aromatic heterocycles. The lowest BCUT2D eigenvalue weighted by atomic mass is 10.2. The van der Waals surface area contributed by atoms with Crippen molar-refractivity contribution in [2.24, 2.45) is 0 Å². The zero-order valence-corrected chi connectivity index (χ0v) is 14.1. The van der Waals surface area contributed by atoms with Crippen molar-refractivity contribution >= 4 is 33.4 Å². The number of para-hydroxylation sites is 1. The number of aryl methyl sites for hydroxylation is 1. The summed E-state index contributed by atoms with van der Waals surface area (Å²) in [6.07, 6.45) is 0. The molecule has 0 radical (unpaired) electrons. The van der Waals surface area contributed by atoms with Gasteiger partial charge in [-0.25, -0.2) is 9.78 Å². The van der Waals surface area contributed by atoms with E-state index in [1.54, 1.807) is 13.8 Å². The highest BCUT2D eigenvalue weighted by Crippen LogP contribution is 2.29. The SMILES string of the molecule is CCOC(=O)c1sc(N[C@H](C)c2cc3ccccc3o2)nc1C. The van der Waals surface area contributed by atoms with Crippen LogP contribution in [-0.4, -0.2) is 17.6 Å². The molecule has 0 saturated carbocycles. The molecule has 1 atom stereocenters. The smallest absolute Gasteiger partial charge is 0.350 e. The van der Waals surface area contributed by atoms with Gasteiger partial charge in [0.05, 0.1) is 18.3 Å². The summed E-state index contributed by atoms with van der Waals surface area (Å²) in [5.41, 5.74) is 1.53. The molecule has 0 aliphatic heterocycles. The number of carbonyl (C=O) groups is 1. The van der Waals surface area contributed by atoms with Gasteiger partial charge >= 0.3 is 5.97 Å². The Morgan fingerprint density at radius 3 is 2.96 bits per heavy atom. The number of thiazole rings is 1. The normalized spacial score (nSPS) is 12.3. The first-order valence-corrected chi connectivity index (χ1v) is 8.29. The van der Waals surface area contributed by atoms with E-state index in [4.69, 9.17) is 9.15 Å². The molecule has 0 amide bonds. The molecule has 3 rings (SSSR count). The number of nitrogens with one attached hydrogen (secondary N) is 1. The molecule has 120 valence electrons. The molecule has 0 fully saturated rings. The quantitative estimate of drug-likeness (QED) is 0.695. The van der Waals surface area contributed by atoms with Crippen LogP contribution in [0.15, 0.2) is 34.7 Å². The maximum absolute atomic E-state index is 11.9. The van der Waals surface area contributed by atoms with Gasteiger partial charge in [-0.1, -0.05) is 29.5 Å². The van der Waals surface area contributed by atoms with Crippen molar-refractivity contribution in [1.29, 1.82) is 0 Å². The van der Waals surface area contributed by atoms with Crippen LogP contribution in [0, 0.1) is 6.92 Å². The summed E-state index contributed by atoms with van der Waals surface area (Å²) in [4.78, 5) is 16.8. The summed E-state index contributed by atoms with van der Waals surface area (Å²) in [6.45, 7) is 5.95. The fraction of sp³-hybridized carbons (Fsp3) is 0.294. The fourth-order valence-corrected chi connectivity index (χ4v) is 3.26. The van der Waals surface area contributed by atoms with Crippen LogP contribution < -0.4 is 5.32 Å². The molecule has 1 aromatic carbocycles. The standard InChI is InChI=1S/C17H18N2O3S/c1-4-21-16(20)15-11(3)19-17(23-15)18-10(2)14-9-12-7-5-6-8-13(12)22-14/h5-10H,4H2,1-3H3,(H,18,19)/t10-/m1/s1. The summed E-state index contributed by atoms with van der Waals surface area (Å²) >= 11 is 1.30. The summed E-state index contributed by atoms with van der Waals surface area (Å²) in [5.74, 6) is 0.503. The zero-order valence-electron chi connectivity index (χ0n) is 13.3. The minimum absolute atomic E-state index is 0.0528. The molecule has 1 N–H and O–H groups in total. The largest absolute Gasteiger partial charge is 0.462 e. The van der Waals surface area contributed by atoms with Crippen LogP contribution in [0.2, 0.25) is 0 Å². The number of aromatic nitrogens is 1. The molecule has 0 saturated heterocycles. The Kier molecular flexibility index (Phi) is 4.34. The van der Waals surface area contributed by atoms with Gasteiger partial charge < -0.3 is 14.5 Å². The number of rotatable bonds is 5. The molecule has 0 bridgehead atoms. The first kappa shape index (κ1) is 15.6. The molecular weight excluding hydrogens is 312 g/mol. The van der Waals surface area contributed by atoms with Crippen LogP contribution >= 0.6 is 11.3 Å². The number of benzene rings is 1. The second-order valence-corrected chi connectivity index (χ2v) is 6.21. The van der Waals surface area contributed by atoms with E-state index in [1.165, 1.54) is 11.3 Å². The second-order valence-electron chi connectivity index (χ2n) is 5.21. The van der Waals surface area contributed by atoms with Gasteiger partial charge in [0.25, 0.3) is 0 Å². The van der Waals surface area contributed by atoms with Crippen LogP contribution in [0.4, 0.5) is 5.13 Å². The zero-order chi connectivity index (χ0) is 16.4. The van der Waals surface area contributed by atoms with E-state index in [1.807, 2.05) is 37.3 Å². The Morgan fingerprint density at radius 2 is 2.22 bits per heavy atom. The highest BCUT2D eigenvalue weighted by Gasteiger charge is 2.18. The Balaban J connectivity index is 1.78. The molecule has 23 heavy (non-hydrogen) atoms. The van der Waals surface area contributed by atoms with Gasteiger partial charge in [0.15, 0.2) is 5.13 Å². The Bertz CT molecular complexity index is 804. The Hall–Kier alpha value is -2.34. The number of nitrogens with zero attached hydrogens (tertiary/aromatic N) is 1. The van der Waals surface area contributed by atoms with Crippen LogP contribution in [-0.2, 0) is 4.74 Å². The third-order valence-electron chi connectivity index (χ3n) is 3.47. The number of esters is 1. The highest BCUT2D eigenvalue weighted by atomic mass is 32.1. The molecule has 0 unspecified atom stereocenters. The number of furan rings is 1. The summed E-state index contributed by atoms with van der Waals surface area (Å²) in [7, 11) is 0. The minimum Gasteiger partial charge on any atom is -0.462 e. The summed E-state index contributed by atoms with van der Waals surface area (Å²) in [6, 6.07) is 9.85. The maximum atomic E-state index is 11.9. The van der Waals surface area contributed by atoms with Crippen molar-refractivity contribution in [3.8, 4) is 0 Å². The van der Waals surface area contributed by atoms with Crippen LogP contribution in [0.5, 0.6) is 0 Å². The number of anilines is 1. The summed E-state index contributed by atoms with van der Waals surface area (Å²) < 4.78 is 10.9. The molecule has 0 spiro atoms. The first-order valence-electron chi connectivity index (χ1n) is 7.48.